The highest BCUT2D eigenvalue weighted by atomic mass is 16.5. The minimum Gasteiger partial charge on any atom is -0.375 e. The maximum Gasteiger partial charge on any atom is 0.194 e. The first-order chi connectivity index (χ1) is 14.6. The molecule has 4 rings (SSSR count). The van der Waals surface area contributed by atoms with Crippen LogP contribution in [-0.4, -0.2) is 23.6 Å². The van der Waals surface area contributed by atoms with E-state index in [4.69, 9.17) is 4.74 Å². The van der Waals surface area contributed by atoms with Crippen molar-refractivity contribution in [3.63, 3.8) is 0 Å². The molecule has 6 heteroatoms. The number of rotatable bonds is 6. The molecule has 2 aliphatic rings. The van der Waals surface area contributed by atoms with Gasteiger partial charge in [-0.2, -0.15) is 21.0 Å². The highest BCUT2D eigenvalue weighted by Gasteiger charge is 2.86. The van der Waals surface area contributed by atoms with Crippen molar-refractivity contribution in [2.45, 2.75) is 24.6 Å². The van der Waals surface area contributed by atoms with E-state index in [0.717, 1.165) is 11.1 Å². The van der Waals surface area contributed by atoms with Gasteiger partial charge in [-0.25, -0.2) is 0 Å². The topological polar surface area (TPSA) is 107 Å². The van der Waals surface area contributed by atoms with E-state index in [1.807, 2.05) is 89.8 Å². The molecule has 6 nitrogen and oxygen atoms in total. The minimum atomic E-state index is -1.67. The Morgan fingerprint density at radius 2 is 1.47 bits per heavy atom. The van der Waals surface area contributed by atoms with Crippen LogP contribution < -0.4 is 0 Å². The molecule has 0 bridgehead atoms. The summed E-state index contributed by atoms with van der Waals surface area (Å²) in [6, 6.07) is 27.4. The summed E-state index contributed by atoms with van der Waals surface area (Å²) < 4.78 is 6.00. The van der Waals surface area contributed by atoms with E-state index in [0.29, 0.717) is 19.8 Å². The zero-order valence-electron chi connectivity index (χ0n) is 16.3. The van der Waals surface area contributed by atoms with E-state index in [9.17, 15) is 21.0 Å². The first kappa shape index (κ1) is 19.6. The van der Waals surface area contributed by atoms with Crippen molar-refractivity contribution in [2.75, 3.05) is 13.2 Å². The Hall–Kier alpha value is -3.68. The molecule has 2 fully saturated rings. The summed E-state index contributed by atoms with van der Waals surface area (Å²) >= 11 is 0. The standard InChI is InChI=1S/C24H19N5O/c25-14-22(15-26)13-24(23(22,16-27)17-28)18-29(24)21(20-9-5-2-6-10-20)12-30-11-19-7-3-1-4-8-19/h1-10,21H,11-13,18H2/t21-,24-,29?/m0/s1. The van der Waals surface area contributed by atoms with Crippen molar-refractivity contribution in [1.29, 1.82) is 21.0 Å². The minimum absolute atomic E-state index is 0.175. The Balaban J connectivity index is 1.59. The molecule has 0 N–H and O–H groups in total. The van der Waals surface area contributed by atoms with Crippen LogP contribution in [0.15, 0.2) is 60.7 Å². The second kappa shape index (κ2) is 7.29. The normalized spacial score (nSPS) is 25.5. The Morgan fingerprint density at radius 3 is 2.03 bits per heavy atom. The zero-order valence-corrected chi connectivity index (χ0v) is 16.3. The van der Waals surface area contributed by atoms with E-state index in [2.05, 4.69) is 0 Å². The largest absolute Gasteiger partial charge is 0.375 e. The van der Waals surface area contributed by atoms with Crippen molar-refractivity contribution in [1.82, 2.24) is 4.90 Å². The van der Waals surface area contributed by atoms with E-state index in [-0.39, 0.29) is 12.5 Å². The lowest BCUT2D eigenvalue weighted by Gasteiger charge is -2.50. The number of benzene rings is 2. The second-order valence-electron chi connectivity index (χ2n) is 7.87. The molecule has 0 radical (unpaired) electrons. The number of hydrogen-bond acceptors (Lipinski definition) is 6. The second-order valence-corrected chi connectivity index (χ2v) is 7.87. The van der Waals surface area contributed by atoms with Gasteiger partial charge in [-0.3, -0.25) is 4.90 Å². The molecule has 1 heterocycles. The van der Waals surface area contributed by atoms with Crippen LogP contribution in [0.2, 0.25) is 0 Å². The quantitative estimate of drug-likeness (QED) is 0.696. The maximum absolute atomic E-state index is 9.87. The molecule has 1 aliphatic heterocycles. The van der Waals surface area contributed by atoms with Crippen LogP contribution in [-0.2, 0) is 11.3 Å². The molecule has 1 saturated carbocycles. The average Bonchev–Trinajstić information content (AvgIpc) is 3.54. The van der Waals surface area contributed by atoms with Crippen molar-refractivity contribution >= 4 is 0 Å². The lowest BCUT2D eigenvalue weighted by Crippen LogP contribution is -2.64. The van der Waals surface area contributed by atoms with Gasteiger partial charge in [-0.15, -0.1) is 0 Å². The summed E-state index contributed by atoms with van der Waals surface area (Å²) in [5.74, 6) is 0. The van der Waals surface area contributed by atoms with Gasteiger partial charge in [0.25, 0.3) is 0 Å². The Kier molecular flexibility index (Phi) is 4.77. The predicted molar refractivity (Wildman–Crippen MR) is 107 cm³/mol. The van der Waals surface area contributed by atoms with E-state index in [1.165, 1.54) is 0 Å². The molecule has 0 aromatic heterocycles. The first-order valence-electron chi connectivity index (χ1n) is 9.70. The van der Waals surface area contributed by atoms with Gasteiger partial charge in [0.2, 0.25) is 0 Å². The molecule has 1 saturated heterocycles. The molecular weight excluding hydrogens is 374 g/mol. The summed E-state index contributed by atoms with van der Waals surface area (Å²) in [6.45, 7) is 1.31. The third-order valence-corrected chi connectivity index (χ3v) is 6.44. The third-order valence-electron chi connectivity index (χ3n) is 6.44. The van der Waals surface area contributed by atoms with Gasteiger partial charge in [0, 0.05) is 13.0 Å². The molecular formula is C24H19N5O. The predicted octanol–water partition coefficient (Wildman–Crippen LogP) is 3.47. The van der Waals surface area contributed by atoms with Crippen LogP contribution in [0, 0.1) is 56.2 Å². The van der Waals surface area contributed by atoms with Crippen molar-refractivity contribution in [3.05, 3.63) is 71.8 Å². The van der Waals surface area contributed by atoms with Crippen molar-refractivity contribution in [3.8, 4) is 24.3 Å². The highest BCUT2D eigenvalue weighted by molar-refractivity contribution is 5.53. The molecule has 1 unspecified atom stereocenters. The number of hydrogen-bond donors (Lipinski definition) is 0. The SMILES string of the molecule is N#CC1(C#N)C[C@]2(CN2[C@@H](COCc2ccccc2)c2ccccc2)C1(C#N)C#N. The smallest absolute Gasteiger partial charge is 0.194 e. The van der Waals surface area contributed by atoms with Crippen LogP contribution >= 0.6 is 0 Å². The number of ether oxygens (including phenoxy) is 1. The van der Waals surface area contributed by atoms with Crippen LogP contribution in [0.1, 0.15) is 23.6 Å². The Labute approximate surface area is 175 Å². The third kappa shape index (κ3) is 2.60. The number of nitriles is 4. The molecule has 3 atom stereocenters. The average molecular weight is 393 g/mol. The molecule has 1 aliphatic carbocycles. The van der Waals surface area contributed by atoms with Crippen LogP contribution in [0.3, 0.4) is 0 Å². The maximum atomic E-state index is 9.87. The molecule has 1 spiro atoms. The highest BCUT2D eigenvalue weighted by Crippen LogP contribution is 2.72. The van der Waals surface area contributed by atoms with Crippen LogP contribution in [0.4, 0.5) is 0 Å². The fraction of sp³-hybridized carbons (Fsp3) is 0.333. The van der Waals surface area contributed by atoms with Gasteiger partial charge in [-0.05, 0) is 11.1 Å². The van der Waals surface area contributed by atoms with E-state index < -0.39 is 16.4 Å². The molecule has 2 aromatic carbocycles. The van der Waals surface area contributed by atoms with Crippen molar-refractivity contribution in [2.24, 2.45) is 10.8 Å². The monoisotopic (exact) mass is 393 g/mol. The fourth-order valence-corrected chi connectivity index (χ4v) is 4.74. The van der Waals surface area contributed by atoms with E-state index >= 15 is 0 Å². The van der Waals surface area contributed by atoms with Gasteiger partial charge in [0.1, 0.15) is 0 Å². The van der Waals surface area contributed by atoms with Gasteiger partial charge in [-0.1, -0.05) is 60.7 Å². The summed E-state index contributed by atoms with van der Waals surface area (Å²) in [5.41, 5.74) is -1.99. The van der Waals surface area contributed by atoms with E-state index in [1.54, 1.807) is 0 Å². The lowest BCUT2D eigenvalue weighted by atomic mass is 9.44. The molecule has 0 amide bonds. The lowest BCUT2D eigenvalue weighted by molar-refractivity contribution is 0.00265. The first-order valence-corrected chi connectivity index (χ1v) is 9.70. The van der Waals surface area contributed by atoms with Crippen molar-refractivity contribution < 1.29 is 4.74 Å². The summed E-state index contributed by atoms with van der Waals surface area (Å²) in [5, 5.41) is 38.9. The summed E-state index contributed by atoms with van der Waals surface area (Å²) in [7, 11) is 0. The van der Waals surface area contributed by atoms with Gasteiger partial charge < -0.3 is 4.74 Å². The molecule has 30 heavy (non-hydrogen) atoms. The zero-order chi connectivity index (χ0) is 21.2. The fourth-order valence-electron chi connectivity index (χ4n) is 4.74. The summed E-state index contributed by atoms with van der Waals surface area (Å²) in [4.78, 5) is 2.05. The number of nitrogens with zero attached hydrogens (tertiary/aromatic N) is 5. The Bertz CT molecular complexity index is 1070. The van der Waals surface area contributed by atoms with Crippen LogP contribution in [0.5, 0.6) is 0 Å². The molecule has 146 valence electrons. The van der Waals surface area contributed by atoms with Gasteiger partial charge in [0.05, 0.1) is 49.1 Å². The molecule has 2 aromatic rings. The van der Waals surface area contributed by atoms with Crippen LogP contribution in [0.25, 0.3) is 0 Å². The van der Waals surface area contributed by atoms with Gasteiger partial charge >= 0.3 is 0 Å². The van der Waals surface area contributed by atoms with Gasteiger partial charge in [0.15, 0.2) is 10.8 Å². The summed E-state index contributed by atoms with van der Waals surface area (Å²) in [6.07, 6.45) is 0.191. The Morgan fingerprint density at radius 1 is 0.867 bits per heavy atom.